The molecule has 1 aliphatic carbocycles. The average molecular weight is 245 g/mol. The number of ether oxygens (including phenoxy) is 1. The largest absolute Gasteiger partial charge is 0.369 e. The van der Waals surface area contributed by atoms with Gasteiger partial charge in [0.15, 0.2) is 0 Å². The van der Waals surface area contributed by atoms with Crippen molar-refractivity contribution in [3.63, 3.8) is 0 Å². The summed E-state index contributed by atoms with van der Waals surface area (Å²) in [6.45, 7) is 5.10. The van der Waals surface area contributed by atoms with E-state index in [1.807, 2.05) is 0 Å². The van der Waals surface area contributed by atoms with Crippen molar-refractivity contribution in [1.29, 1.82) is 0 Å². The first-order chi connectivity index (χ1) is 8.75. The highest BCUT2D eigenvalue weighted by molar-refractivity contribution is 5.35. The second-order valence-electron chi connectivity index (χ2n) is 5.98. The van der Waals surface area contributed by atoms with E-state index in [-0.39, 0.29) is 5.60 Å². The van der Waals surface area contributed by atoms with Gasteiger partial charge in [0.25, 0.3) is 0 Å². The molecule has 0 radical (unpaired) electrons. The predicted octanol–water partition coefficient (Wildman–Crippen LogP) is 2.83. The van der Waals surface area contributed by atoms with Gasteiger partial charge in [-0.2, -0.15) is 0 Å². The van der Waals surface area contributed by atoms with Crippen LogP contribution in [0.5, 0.6) is 0 Å². The smallest absolute Gasteiger partial charge is 0.0783 e. The summed E-state index contributed by atoms with van der Waals surface area (Å²) in [5, 5.41) is 3.43. The van der Waals surface area contributed by atoms with Crippen LogP contribution >= 0.6 is 0 Å². The Hall–Kier alpha value is -0.860. The zero-order valence-corrected chi connectivity index (χ0v) is 11.3. The van der Waals surface area contributed by atoms with E-state index in [2.05, 4.69) is 30.4 Å². The Bertz CT molecular complexity index is 421. The van der Waals surface area contributed by atoms with Gasteiger partial charge in [-0.15, -0.1) is 0 Å². The number of piperidine rings is 1. The van der Waals surface area contributed by atoms with E-state index in [9.17, 15) is 0 Å². The highest BCUT2D eigenvalue weighted by atomic mass is 16.5. The van der Waals surface area contributed by atoms with Gasteiger partial charge in [0.1, 0.15) is 0 Å². The number of benzene rings is 1. The maximum atomic E-state index is 6.15. The Kier molecular flexibility index (Phi) is 3.40. The van der Waals surface area contributed by atoms with Crippen LogP contribution in [-0.2, 0) is 24.2 Å². The van der Waals surface area contributed by atoms with Crippen LogP contribution in [0.2, 0.25) is 0 Å². The van der Waals surface area contributed by atoms with Gasteiger partial charge in [0, 0.05) is 6.54 Å². The summed E-state index contributed by atoms with van der Waals surface area (Å²) in [7, 11) is 0. The second-order valence-corrected chi connectivity index (χ2v) is 5.98. The topological polar surface area (TPSA) is 21.3 Å². The van der Waals surface area contributed by atoms with E-state index in [1.54, 1.807) is 11.1 Å². The van der Waals surface area contributed by atoms with Gasteiger partial charge >= 0.3 is 0 Å². The molecule has 0 saturated carbocycles. The molecule has 1 N–H and O–H groups in total. The fraction of sp³-hybridized carbons (Fsp3) is 0.625. The minimum Gasteiger partial charge on any atom is -0.369 e. The van der Waals surface area contributed by atoms with Crippen molar-refractivity contribution in [2.45, 2.75) is 51.2 Å². The van der Waals surface area contributed by atoms with Crippen molar-refractivity contribution in [3.8, 4) is 0 Å². The van der Waals surface area contributed by atoms with Crippen molar-refractivity contribution < 1.29 is 4.74 Å². The minimum atomic E-state index is 0.0251. The fourth-order valence-electron chi connectivity index (χ4n) is 3.12. The predicted molar refractivity (Wildman–Crippen MR) is 73.8 cm³/mol. The lowest BCUT2D eigenvalue weighted by atomic mass is 9.96. The number of aryl methyl sites for hydroxylation is 2. The quantitative estimate of drug-likeness (QED) is 0.884. The van der Waals surface area contributed by atoms with Crippen LogP contribution in [0.4, 0.5) is 0 Å². The first kappa shape index (κ1) is 12.2. The summed E-state index contributed by atoms with van der Waals surface area (Å²) in [5.74, 6) is 0. The molecule has 0 spiro atoms. The van der Waals surface area contributed by atoms with Crippen molar-refractivity contribution in [2.75, 3.05) is 13.1 Å². The van der Waals surface area contributed by atoms with E-state index >= 15 is 0 Å². The second kappa shape index (κ2) is 5.02. The van der Waals surface area contributed by atoms with Crippen molar-refractivity contribution in [1.82, 2.24) is 5.32 Å². The third-order valence-corrected chi connectivity index (χ3v) is 4.31. The Labute approximate surface area is 110 Å². The molecule has 2 nitrogen and oxygen atoms in total. The molecule has 1 fully saturated rings. The van der Waals surface area contributed by atoms with Crippen molar-refractivity contribution >= 4 is 0 Å². The number of fused-ring (bicyclic) bond motifs is 1. The highest BCUT2D eigenvalue weighted by Gasteiger charge is 2.27. The Morgan fingerprint density at radius 2 is 2.11 bits per heavy atom. The lowest BCUT2D eigenvalue weighted by Crippen LogP contribution is -2.45. The number of rotatable bonds is 3. The minimum absolute atomic E-state index is 0.0251. The molecule has 1 atom stereocenters. The highest BCUT2D eigenvalue weighted by Crippen LogP contribution is 2.25. The molecular weight excluding hydrogens is 222 g/mol. The average Bonchev–Trinajstić information content (AvgIpc) is 2.85. The Morgan fingerprint density at radius 3 is 2.94 bits per heavy atom. The lowest BCUT2D eigenvalue weighted by molar-refractivity contribution is -0.0571. The SMILES string of the molecule is CC1(OCc2ccc3c(c2)CCC3)CCCNC1. The van der Waals surface area contributed by atoms with Gasteiger partial charge in [0.2, 0.25) is 0 Å². The van der Waals surface area contributed by atoms with Crippen LogP contribution in [0.15, 0.2) is 18.2 Å². The fourth-order valence-corrected chi connectivity index (χ4v) is 3.12. The summed E-state index contributed by atoms with van der Waals surface area (Å²) in [6.07, 6.45) is 6.23. The number of hydrogen-bond donors (Lipinski definition) is 1. The molecule has 0 amide bonds. The molecule has 1 heterocycles. The van der Waals surface area contributed by atoms with Gasteiger partial charge in [0.05, 0.1) is 12.2 Å². The Morgan fingerprint density at radius 1 is 1.22 bits per heavy atom. The molecule has 0 bridgehead atoms. The zero-order chi connectivity index (χ0) is 12.4. The third kappa shape index (κ3) is 2.60. The molecule has 3 rings (SSSR count). The van der Waals surface area contributed by atoms with Gasteiger partial charge in [-0.25, -0.2) is 0 Å². The molecule has 98 valence electrons. The van der Waals surface area contributed by atoms with E-state index in [0.29, 0.717) is 0 Å². The third-order valence-electron chi connectivity index (χ3n) is 4.31. The first-order valence-corrected chi connectivity index (χ1v) is 7.21. The molecule has 1 aliphatic heterocycles. The molecular formula is C16H23NO. The maximum absolute atomic E-state index is 6.15. The van der Waals surface area contributed by atoms with Crippen LogP contribution in [0.1, 0.15) is 42.9 Å². The Balaban J connectivity index is 1.62. The summed E-state index contributed by atoms with van der Waals surface area (Å²) in [5.41, 5.74) is 4.45. The normalized spacial score (nSPS) is 27.2. The molecule has 1 unspecified atom stereocenters. The molecule has 1 saturated heterocycles. The number of hydrogen-bond acceptors (Lipinski definition) is 2. The summed E-state index contributed by atoms with van der Waals surface area (Å²) in [4.78, 5) is 0. The summed E-state index contributed by atoms with van der Waals surface area (Å²) >= 11 is 0. The van der Waals surface area contributed by atoms with Crippen LogP contribution in [0.3, 0.4) is 0 Å². The maximum Gasteiger partial charge on any atom is 0.0783 e. The molecule has 18 heavy (non-hydrogen) atoms. The molecule has 2 heteroatoms. The van der Waals surface area contributed by atoms with E-state index in [0.717, 1.165) is 19.7 Å². The van der Waals surface area contributed by atoms with Crippen LogP contribution in [-0.4, -0.2) is 18.7 Å². The van der Waals surface area contributed by atoms with Gasteiger partial charge in [-0.1, -0.05) is 18.2 Å². The summed E-state index contributed by atoms with van der Waals surface area (Å²) in [6, 6.07) is 6.88. The van der Waals surface area contributed by atoms with Gasteiger partial charge in [-0.3, -0.25) is 0 Å². The van der Waals surface area contributed by atoms with E-state index in [4.69, 9.17) is 4.74 Å². The van der Waals surface area contributed by atoms with Crippen LogP contribution in [0, 0.1) is 0 Å². The lowest BCUT2D eigenvalue weighted by Gasteiger charge is -2.34. The summed E-state index contributed by atoms with van der Waals surface area (Å²) < 4.78 is 6.15. The van der Waals surface area contributed by atoms with Gasteiger partial charge in [-0.05, 0) is 62.3 Å². The van der Waals surface area contributed by atoms with Crippen molar-refractivity contribution in [2.24, 2.45) is 0 Å². The molecule has 0 aromatic heterocycles. The van der Waals surface area contributed by atoms with Crippen LogP contribution < -0.4 is 5.32 Å². The monoisotopic (exact) mass is 245 g/mol. The van der Waals surface area contributed by atoms with Gasteiger partial charge < -0.3 is 10.1 Å². The van der Waals surface area contributed by atoms with E-state index in [1.165, 1.54) is 37.7 Å². The molecule has 2 aliphatic rings. The zero-order valence-electron chi connectivity index (χ0n) is 11.3. The molecule has 1 aromatic carbocycles. The standard InChI is InChI=1S/C16H23NO/c1-16(8-3-9-17-12-16)18-11-13-6-7-14-4-2-5-15(14)10-13/h6-7,10,17H,2-5,8-9,11-12H2,1H3. The van der Waals surface area contributed by atoms with E-state index < -0.39 is 0 Å². The van der Waals surface area contributed by atoms with Crippen LogP contribution in [0.25, 0.3) is 0 Å². The number of nitrogens with one attached hydrogen (secondary N) is 1. The van der Waals surface area contributed by atoms with Crippen molar-refractivity contribution in [3.05, 3.63) is 34.9 Å². The first-order valence-electron chi connectivity index (χ1n) is 7.21. The molecule has 1 aromatic rings.